The van der Waals surface area contributed by atoms with Gasteiger partial charge in [-0.2, -0.15) is 0 Å². The van der Waals surface area contributed by atoms with Crippen molar-refractivity contribution >= 4 is 50.3 Å². The second kappa shape index (κ2) is 22.2. The summed E-state index contributed by atoms with van der Waals surface area (Å²) in [5.74, 6) is -1.88. The zero-order valence-electron chi connectivity index (χ0n) is 36.9. The number of aliphatic hydroxyl groups excluding tert-OH is 1. The number of imidazole rings is 1. The molecule has 0 saturated heterocycles. The molecule has 66 heavy (non-hydrogen) atoms. The lowest BCUT2D eigenvalue weighted by Crippen LogP contribution is -2.41. The largest absolute Gasteiger partial charge is 0.507 e. The molecule has 15 heteroatoms. The van der Waals surface area contributed by atoms with Crippen LogP contribution in [0.15, 0.2) is 137 Å². The third kappa shape index (κ3) is 11.5. The van der Waals surface area contributed by atoms with Gasteiger partial charge in [0.1, 0.15) is 28.5 Å². The summed E-state index contributed by atoms with van der Waals surface area (Å²) < 4.78 is 4.98. The molecule has 0 aliphatic heterocycles. The standard InChI is InChI=1S/C29H38N6O3.2C11H8O3/c1-3-15-35-28(37)26-27(34(29(35)38)16-14-22-10-12-24(30)13-11-22)31-25(21-23-8-6-5-7-9-23)33(26)18-17-32(4-2)19-20-36;2*12-10-6-8-4-2-1-3-7(8)5-9(10)11(13)14/h5-13,36H,3-4,14-21,30H2,1-2H3;2*1-6,12H,(H,13,14). The van der Waals surface area contributed by atoms with E-state index in [1.54, 1.807) is 16.7 Å². The van der Waals surface area contributed by atoms with Gasteiger partial charge in [-0.15, -0.1) is 0 Å². The van der Waals surface area contributed by atoms with Crippen molar-refractivity contribution in [1.29, 1.82) is 0 Å². The van der Waals surface area contributed by atoms with E-state index in [9.17, 15) is 34.5 Å². The van der Waals surface area contributed by atoms with Crippen molar-refractivity contribution in [3.8, 4) is 11.5 Å². The Balaban J connectivity index is 0.000000207. The lowest BCUT2D eigenvalue weighted by Gasteiger charge is -2.20. The Labute approximate surface area is 380 Å². The number of rotatable bonds is 15. The highest BCUT2D eigenvalue weighted by atomic mass is 16.4. The molecule has 0 fully saturated rings. The first kappa shape index (κ1) is 47.7. The fourth-order valence-electron chi connectivity index (χ4n) is 7.65. The molecule has 8 aromatic rings. The number of nitrogens with zero attached hydrogens (tertiary/aromatic N) is 5. The maximum Gasteiger partial charge on any atom is 0.339 e. The molecule has 342 valence electrons. The van der Waals surface area contributed by atoms with Crippen molar-refractivity contribution < 1.29 is 35.1 Å². The first-order valence-corrected chi connectivity index (χ1v) is 21.7. The van der Waals surface area contributed by atoms with Crippen LogP contribution in [0.4, 0.5) is 5.69 Å². The van der Waals surface area contributed by atoms with Crippen LogP contribution in [0.25, 0.3) is 32.7 Å². The van der Waals surface area contributed by atoms with Crippen LogP contribution in [0, 0.1) is 0 Å². The number of nitrogens with two attached hydrogens (primary N) is 1. The molecule has 2 heterocycles. The molecule has 0 aliphatic carbocycles. The first-order valence-electron chi connectivity index (χ1n) is 21.7. The number of aromatic carboxylic acids is 2. The van der Waals surface area contributed by atoms with Crippen LogP contribution < -0.4 is 17.0 Å². The van der Waals surface area contributed by atoms with Crippen molar-refractivity contribution in [2.75, 3.05) is 32.0 Å². The minimum Gasteiger partial charge on any atom is -0.507 e. The average molecular weight is 895 g/mol. The SMILES string of the molecule is CCCn1c(=O)c2c(nc(Cc3ccccc3)n2CCN(CC)CCO)n(CCc2ccc(N)cc2)c1=O.O=C(O)c1cc2ccccc2cc1O.O=C(O)c1cc2ccccc2cc1O. The number of carboxylic acid groups (broad SMARTS) is 2. The highest BCUT2D eigenvalue weighted by molar-refractivity contribution is 5.98. The topological polar surface area (TPSA) is 226 Å². The molecule has 0 atom stereocenters. The van der Waals surface area contributed by atoms with Gasteiger partial charge in [-0.25, -0.2) is 19.4 Å². The number of nitrogen functional groups attached to an aromatic ring is 1. The summed E-state index contributed by atoms with van der Waals surface area (Å²) in [4.78, 5) is 55.8. The van der Waals surface area contributed by atoms with Crippen molar-refractivity contribution in [2.24, 2.45) is 0 Å². The van der Waals surface area contributed by atoms with Gasteiger partial charge in [-0.1, -0.05) is 105 Å². The predicted molar refractivity (Wildman–Crippen MR) is 257 cm³/mol. The molecular formula is C51H54N6O9. The summed E-state index contributed by atoms with van der Waals surface area (Å²) in [6.45, 7) is 7.36. The number of benzene rings is 6. The molecule has 15 nitrogen and oxygen atoms in total. The van der Waals surface area contributed by atoms with Crippen LogP contribution in [0.3, 0.4) is 0 Å². The van der Waals surface area contributed by atoms with Crippen LogP contribution in [0.1, 0.15) is 57.9 Å². The maximum absolute atomic E-state index is 13.8. The van der Waals surface area contributed by atoms with Gasteiger partial charge in [0, 0.05) is 44.8 Å². The number of aryl methyl sites for hydroxylation is 2. The van der Waals surface area contributed by atoms with Gasteiger partial charge in [0.2, 0.25) is 0 Å². The third-order valence-corrected chi connectivity index (χ3v) is 11.1. The Kier molecular flexibility index (Phi) is 16.1. The number of likely N-dealkylation sites (N-methyl/N-ethyl adjacent to an activating group) is 1. The zero-order chi connectivity index (χ0) is 47.3. The van der Waals surface area contributed by atoms with Gasteiger partial charge >= 0.3 is 17.6 Å². The second-order valence-electron chi connectivity index (χ2n) is 15.6. The Morgan fingerprint density at radius 1 is 0.636 bits per heavy atom. The van der Waals surface area contributed by atoms with E-state index in [1.165, 1.54) is 28.8 Å². The van der Waals surface area contributed by atoms with Crippen molar-refractivity contribution in [2.45, 2.75) is 52.7 Å². The number of hydrogen-bond donors (Lipinski definition) is 6. The van der Waals surface area contributed by atoms with Crippen LogP contribution in [-0.2, 0) is 32.5 Å². The zero-order valence-corrected chi connectivity index (χ0v) is 36.9. The Morgan fingerprint density at radius 2 is 1.17 bits per heavy atom. The number of aliphatic hydroxyl groups is 1. The maximum atomic E-state index is 13.8. The van der Waals surface area contributed by atoms with Crippen molar-refractivity contribution in [3.05, 3.63) is 176 Å². The van der Waals surface area contributed by atoms with Crippen molar-refractivity contribution in [3.63, 3.8) is 0 Å². The van der Waals surface area contributed by atoms with E-state index in [-0.39, 0.29) is 40.5 Å². The van der Waals surface area contributed by atoms with E-state index in [0.29, 0.717) is 68.8 Å². The molecule has 0 aliphatic rings. The minimum atomic E-state index is -1.12. The molecule has 0 unspecified atom stereocenters. The van der Waals surface area contributed by atoms with Crippen LogP contribution in [0.2, 0.25) is 0 Å². The van der Waals surface area contributed by atoms with Gasteiger partial charge in [0.15, 0.2) is 11.2 Å². The normalized spacial score (nSPS) is 11.0. The number of carboxylic acids is 2. The summed E-state index contributed by atoms with van der Waals surface area (Å²) in [6.07, 6.45) is 1.82. The highest BCUT2D eigenvalue weighted by Crippen LogP contribution is 2.26. The molecule has 0 radical (unpaired) electrons. The summed E-state index contributed by atoms with van der Waals surface area (Å²) in [5, 5.41) is 49.1. The van der Waals surface area contributed by atoms with Gasteiger partial charge < -0.3 is 35.8 Å². The molecular weight excluding hydrogens is 841 g/mol. The van der Waals surface area contributed by atoms with Gasteiger partial charge in [-0.3, -0.25) is 18.8 Å². The Hall–Kier alpha value is -7.75. The smallest absolute Gasteiger partial charge is 0.339 e. The predicted octanol–water partition coefficient (Wildman–Crippen LogP) is 6.99. The quantitative estimate of drug-likeness (QED) is 0.0573. The number of fused-ring (bicyclic) bond motifs is 3. The van der Waals surface area contributed by atoms with E-state index >= 15 is 0 Å². The number of hydrogen-bond acceptors (Lipinski definition) is 10. The molecule has 0 saturated carbocycles. The van der Waals surface area contributed by atoms with E-state index in [4.69, 9.17) is 20.9 Å². The highest BCUT2D eigenvalue weighted by Gasteiger charge is 2.22. The summed E-state index contributed by atoms with van der Waals surface area (Å²) >= 11 is 0. The second-order valence-corrected chi connectivity index (χ2v) is 15.6. The molecule has 8 rings (SSSR count). The van der Waals surface area contributed by atoms with Crippen LogP contribution >= 0.6 is 0 Å². The number of aromatic nitrogens is 4. The summed E-state index contributed by atoms with van der Waals surface area (Å²) in [7, 11) is 0. The minimum absolute atomic E-state index is 0.0660. The number of carbonyl (C=O) groups is 2. The van der Waals surface area contributed by atoms with E-state index < -0.39 is 11.9 Å². The fraction of sp³-hybridized carbons (Fsp3) is 0.235. The molecule has 2 aromatic heterocycles. The molecule has 0 amide bonds. The number of aromatic hydroxyl groups is 2. The summed E-state index contributed by atoms with van der Waals surface area (Å²) in [6, 6.07) is 38.1. The van der Waals surface area contributed by atoms with Gasteiger partial charge in [0.25, 0.3) is 5.56 Å². The van der Waals surface area contributed by atoms with Crippen LogP contribution in [0.5, 0.6) is 11.5 Å². The monoisotopic (exact) mass is 894 g/mol. The first-order chi connectivity index (χ1) is 31.8. The third-order valence-electron chi connectivity index (χ3n) is 11.1. The van der Waals surface area contributed by atoms with Crippen LogP contribution in [-0.4, -0.2) is 87.3 Å². The molecule has 6 aromatic carbocycles. The average Bonchev–Trinajstić information content (AvgIpc) is 3.67. The molecule has 0 spiro atoms. The van der Waals surface area contributed by atoms with E-state index in [1.807, 2.05) is 102 Å². The Morgan fingerprint density at radius 3 is 1.67 bits per heavy atom. The fourth-order valence-corrected chi connectivity index (χ4v) is 7.65. The Bertz CT molecular complexity index is 2980. The molecule has 0 bridgehead atoms. The van der Waals surface area contributed by atoms with E-state index in [0.717, 1.165) is 45.0 Å². The lowest BCUT2D eigenvalue weighted by molar-refractivity contribution is 0.0682. The summed E-state index contributed by atoms with van der Waals surface area (Å²) in [5.41, 5.74) is 8.80. The lowest BCUT2D eigenvalue weighted by atomic mass is 10.1. The van der Waals surface area contributed by atoms with Crippen molar-refractivity contribution in [1.82, 2.24) is 23.6 Å². The van der Waals surface area contributed by atoms with E-state index in [2.05, 4.69) is 11.8 Å². The number of anilines is 1. The molecule has 7 N–H and O–H groups in total. The van der Waals surface area contributed by atoms with Gasteiger partial charge in [0.05, 0.1) is 6.61 Å². The van der Waals surface area contributed by atoms with Gasteiger partial charge in [-0.05, 0) is 88.5 Å². The number of phenols is 2.